The molecule has 0 bridgehead atoms. The molecule has 0 unspecified atom stereocenters. The van der Waals surface area contributed by atoms with Crippen molar-refractivity contribution in [3.63, 3.8) is 0 Å². The zero-order valence-electron chi connectivity index (χ0n) is 27.8. The van der Waals surface area contributed by atoms with E-state index >= 15 is 0 Å². The van der Waals surface area contributed by atoms with Gasteiger partial charge in [-0.1, -0.05) is 54.6 Å². The fourth-order valence-electron chi connectivity index (χ4n) is 6.83. The van der Waals surface area contributed by atoms with Gasteiger partial charge in [-0.25, -0.2) is 4.98 Å². The van der Waals surface area contributed by atoms with Gasteiger partial charge in [0.25, 0.3) is 0 Å². The fraction of sp³-hybridized carbons (Fsp3) is 0. The summed E-state index contributed by atoms with van der Waals surface area (Å²) in [6, 6.07) is 46.8. The molecule has 0 radical (unpaired) electrons. The van der Waals surface area contributed by atoms with Crippen molar-refractivity contribution in [2.75, 3.05) is 4.90 Å². The van der Waals surface area contributed by atoms with Crippen LogP contribution in [0.1, 0.15) is 0 Å². The number of fused-ring (bicyclic) bond motifs is 5. The van der Waals surface area contributed by atoms with E-state index in [9.17, 15) is 0 Å². The zero-order chi connectivity index (χ0) is 34.4. The lowest BCUT2D eigenvalue weighted by molar-refractivity contribution is 1.27. The number of hydrogen-bond acceptors (Lipinski definition) is 7. The first-order chi connectivity index (χ1) is 25.7. The van der Waals surface area contributed by atoms with E-state index in [2.05, 4.69) is 136 Å². The molecule has 0 aliphatic carbocycles. The summed E-state index contributed by atoms with van der Waals surface area (Å²) in [6.07, 6.45) is 11.2. The highest BCUT2D eigenvalue weighted by Crippen LogP contribution is 2.39. The summed E-state index contributed by atoms with van der Waals surface area (Å²) in [7, 11) is 0. The summed E-state index contributed by atoms with van der Waals surface area (Å²) in [5, 5.41) is 6.73. The third kappa shape index (κ3) is 5.41. The first-order valence-corrected chi connectivity index (χ1v) is 17.8. The van der Waals surface area contributed by atoms with E-state index in [0.29, 0.717) is 0 Å². The summed E-state index contributed by atoms with van der Waals surface area (Å²) in [5.41, 5.74) is 9.04. The Balaban J connectivity index is 1.02. The molecule has 0 aliphatic rings. The number of rotatable bonds is 6. The number of thiophene rings is 1. The number of pyridine rings is 5. The lowest BCUT2D eigenvalue weighted by Crippen LogP contribution is -2.09. The predicted molar refractivity (Wildman–Crippen MR) is 214 cm³/mol. The van der Waals surface area contributed by atoms with E-state index in [-0.39, 0.29) is 0 Å². The second kappa shape index (κ2) is 12.5. The molecule has 0 aliphatic heterocycles. The van der Waals surface area contributed by atoms with Gasteiger partial charge in [0.1, 0.15) is 4.83 Å². The lowest BCUT2D eigenvalue weighted by Gasteiger charge is -2.26. The first-order valence-electron chi connectivity index (χ1n) is 17.0. The van der Waals surface area contributed by atoms with Gasteiger partial charge < -0.3 is 4.90 Å². The van der Waals surface area contributed by atoms with Crippen molar-refractivity contribution in [2.24, 2.45) is 0 Å². The van der Waals surface area contributed by atoms with Crippen molar-refractivity contribution in [2.45, 2.75) is 0 Å². The van der Waals surface area contributed by atoms with E-state index in [1.807, 2.05) is 36.9 Å². The molecule has 52 heavy (non-hydrogen) atoms. The molecule has 7 heteroatoms. The Labute approximate surface area is 303 Å². The molecule has 0 spiro atoms. The number of aromatic nitrogens is 5. The molecule has 0 amide bonds. The normalized spacial score (nSPS) is 11.5. The van der Waals surface area contributed by atoms with Gasteiger partial charge in [0.2, 0.25) is 0 Å². The fourth-order valence-corrected chi connectivity index (χ4v) is 7.91. The number of nitrogens with zero attached hydrogens (tertiary/aromatic N) is 6. The van der Waals surface area contributed by atoms with E-state index < -0.39 is 0 Å². The molecule has 0 atom stereocenters. The van der Waals surface area contributed by atoms with E-state index in [1.165, 1.54) is 15.5 Å². The van der Waals surface area contributed by atoms with Crippen LogP contribution in [0.25, 0.3) is 75.6 Å². The third-order valence-electron chi connectivity index (χ3n) is 9.55. The van der Waals surface area contributed by atoms with Crippen LogP contribution in [0, 0.1) is 0 Å². The smallest absolute Gasteiger partial charge is 0.125 e. The predicted octanol–water partition coefficient (Wildman–Crippen LogP) is 11.8. The lowest BCUT2D eigenvalue weighted by atomic mass is 10.1. The molecule has 6 heterocycles. The highest BCUT2D eigenvalue weighted by atomic mass is 32.1. The van der Waals surface area contributed by atoms with Gasteiger partial charge in [-0.3, -0.25) is 19.9 Å². The van der Waals surface area contributed by atoms with Crippen LogP contribution in [-0.4, -0.2) is 24.9 Å². The van der Waals surface area contributed by atoms with Crippen LogP contribution >= 0.6 is 11.3 Å². The standard InChI is InChI=1S/C45H28N6S/c1-2-4-44-39(3-1)40-17-18-41(50-45(40)52-44)29-5-11-36(12-6-29)51(37-13-7-30(8-14-37)42-23-34-25-46-21-19-32(34)27-48-42)38-15-9-31(10-16-38)43-24-35-26-47-22-20-33(35)28-49-43/h1-28H. The van der Waals surface area contributed by atoms with Crippen LogP contribution in [0.5, 0.6) is 0 Å². The Morgan fingerprint density at radius 2 is 0.942 bits per heavy atom. The van der Waals surface area contributed by atoms with Crippen molar-refractivity contribution in [3.05, 3.63) is 171 Å². The summed E-state index contributed by atoms with van der Waals surface area (Å²) in [6.45, 7) is 0. The minimum Gasteiger partial charge on any atom is -0.311 e. The third-order valence-corrected chi connectivity index (χ3v) is 10.6. The van der Waals surface area contributed by atoms with Gasteiger partial charge >= 0.3 is 0 Å². The topological polar surface area (TPSA) is 67.7 Å². The Hall–Kier alpha value is -6.83. The summed E-state index contributed by atoms with van der Waals surface area (Å²) >= 11 is 1.74. The van der Waals surface area contributed by atoms with E-state index in [0.717, 1.165) is 77.2 Å². The SMILES string of the molecule is c1ccc2c(c1)sc1nc(-c3ccc(N(c4ccc(-c5cc6cnccc6cn5)cc4)c4ccc(-c5cc6cnccc6cn5)cc4)cc3)ccc12. The maximum Gasteiger partial charge on any atom is 0.125 e. The van der Waals surface area contributed by atoms with Gasteiger partial charge in [-0.15, -0.1) is 11.3 Å². The number of anilines is 3. The Bertz CT molecular complexity index is 2780. The quantitative estimate of drug-likeness (QED) is 0.174. The average molecular weight is 685 g/mol. The van der Waals surface area contributed by atoms with Crippen molar-refractivity contribution < 1.29 is 0 Å². The van der Waals surface area contributed by atoms with Crippen molar-refractivity contribution in [1.29, 1.82) is 0 Å². The van der Waals surface area contributed by atoms with Crippen LogP contribution in [-0.2, 0) is 0 Å². The molecule has 6 aromatic heterocycles. The molecule has 0 fully saturated rings. The molecule has 0 N–H and O–H groups in total. The van der Waals surface area contributed by atoms with Crippen LogP contribution in [0.15, 0.2) is 171 Å². The second-order valence-corrected chi connectivity index (χ2v) is 13.7. The van der Waals surface area contributed by atoms with Crippen molar-refractivity contribution in [3.8, 4) is 33.8 Å². The number of hydrogen-bond donors (Lipinski definition) is 0. The van der Waals surface area contributed by atoms with Gasteiger partial charge in [0.05, 0.1) is 17.1 Å². The van der Waals surface area contributed by atoms with E-state index in [4.69, 9.17) is 15.0 Å². The van der Waals surface area contributed by atoms with Gasteiger partial charge in [0.15, 0.2) is 0 Å². The number of benzene rings is 4. The largest absolute Gasteiger partial charge is 0.311 e. The molecular weight excluding hydrogens is 657 g/mol. The van der Waals surface area contributed by atoms with Gasteiger partial charge in [0, 0.05) is 108 Å². The summed E-state index contributed by atoms with van der Waals surface area (Å²) in [5.74, 6) is 0. The van der Waals surface area contributed by atoms with Crippen LogP contribution < -0.4 is 4.90 Å². The Morgan fingerprint density at radius 1 is 0.423 bits per heavy atom. The molecule has 0 saturated carbocycles. The highest BCUT2D eigenvalue weighted by molar-refractivity contribution is 7.25. The van der Waals surface area contributed by atoms with Crippen LogP contribution in [0.2, 0.25) is 0 Å². The Kier molecular flexibility index (Phi) is 7.22. The second-order valence-electron chi connectivity index (χ2n) is 12.7. The monoisotopic (exact) mass is 684 g/mol. The minimum atomic E-state index is 0.911. The summed E-state index contributed by atoms with van der Waals surface area (Å²) < 4.78 is 1.26. The van der Waals surface area contributed by atoms with Crippen molar-refractivity contribution >= 4 is 70.2 Å². The first kappa shape index (κ1) is 30.0. The zero-order valence-corrected chi connectivity index (χ0v) is 28.6. The molecule has 10 aromatic rings. The van der Waals surface area contributed by atoms with Crippen LogP contribution in [0.4, 0.5) is 17.1 Å². The molecule has 4 aromatic carbocycles. The van der Waals surface area contributed by atoms with Gasteiger partial charge in [-0.05, 0) is 78.9 Å². The maximum absolute atomic E-state index is 5.07. The molecule has 6 nitrogen and oxygen atoms in total. The van der Waals surface area contributed by atoms with Crippen molar-refractivity contribution in [1.82, 2.24) is 24.9 Å². The summed E-state index contributed by atoms with van der Waals surface area (Å²) in [4.78, 5) is 26.5. The minimum absolute atomic E-state index is 0.911. The Morgan fingerprint density at radius 3 is 1.50 bits per heavy atom. The molecule has 0 saturated heterocycles. The molecular formula is C45H28N6S. The van der Waals surface area contributed by atoms with Gasteiger partial charge in [-0.2, -0.15) is 0 Å². The maximum atomic E-state index is 5.07. The molecule has 10 rings (SSSR count). The van der Waals surface area contributed by atoms with Crippen LogP contribution in [0.3, 0.4) is 0 Å². The molecule has 244 valence electrons. The highest BCUT2D eigenvalue weighted by Gasteiger charge is 2.15. The average Bonchev–Trinajstić information content (AvgIpc) is 3.59. The van der Waals surface area contributed by atoms with E-state index in [1.54, 1.807) is 23.7 Å².